The third-order valence-electron chi connectivity index (χ3n) is 5.80. The zero-order valence-electron chi connectivity index (χ0n) is 16.8. The van der Waals surface area contributed by atoms with Gasteiger partial charge < -0.3 is 14.5 Å². The predicted molar refractivity (Wildman–Crippen MR) is 112 cm³/mol. The summed E-state index contributed by atoms with van der Waals surface area (Å²) in [6, 6.07) is 12.8. The molecule has 0 spiro atoms. The summed E-state index contributed by atoms with van der Waals surface area (Å²) in [5, 5.41) is 4.46. The fourth-order valence-corrected chi connectivity index (χ4v) is 4.20. The van der Waals surface area contributed by atoms with Crippen molar-refractivity contribution in [3.05, 3.63) is 65.6 Å². The van der Waals surface area contributed by atoms with Crippen LogP contribution in [0.5, 0.6) is 5.75 Å². The molecule has 0 radical (unpaired) electrons. The molecular formula is C23H23FN4O2. The first-order valence-corrected chi connectivity index (χ1v) is 10.2. The van der Waals surface area contributed by atoms with E-state index in [4.69, 9.17) is 4.74 Å². The number of para-hydroxylation sites is 1. The summed E-state index contributed by atoms with van der Waals surface area (Å²) in [6.45, 7) is 5.03. The van der Waals surface area contributed by atoms with Crippen LogP contribution in [-0.2, 0) is 17.9 Å². The van der Waals surface area contributed by atoms with Gasteiger partial charge in [0.15, 0.2) is 0 Å². The number of benzene rings is 2. The van der Waals surface area contributed by atoms with Gasteiger partial charge in [-0.25, -0.2) is 4.39 Å². The summed E-state index contributed by atoms with van der Waals surface area (Å²) in [5.74, 6) is 0.618. The molecule has 1 amide bonds. The number of rotatable bonds is 3. The number of ether oxygens (including phenoxy) is 1. The van der Waals surface area contributed by atoms with Gasteiger partial charge in [-0.1, -0.05) is 23.8 Å². The van der Waals surface area contributed by atoms with Crippen molar-refractivity contribution < 1.29 is 13.9 Å². The fraction of sp³-hybridized carbons (Fsp3) is 0.304. The molecule has 3 heterocycles. The lowest BCUT2D eigenvalue weighted by atomic mass is 10.0. The largest absolute Gasteiger partial charge is 0.488 e. The Labute approximate surface area is 174 Å². The van der Waals surface area contributed by atoms with Gasteiger partial charge in [-0.2, -0.15) is 5.10 Å². The summed E-state index contributed by atoms with van der Waals surface area (Å²) in [7, 11) is 0. The Morgan fingerprint density at radius 1 is 1.13 bits per heavy atom. The highest BCUT2D eigenvalue weighted by atomic mass is 19.1. The summed E-state index contributed by atoms with van der Waals surface area (Å²) >= 11 is 0. The van der Waals surface area contributed by atoms with Crippen molar-refractivity contribution in [2.24, 2.45) is 0 Å². The Hall–Kier alpha value is -3.35. The predicted octanol–water partition coefficient (Wildman–Crippen LogP) is 3.24. The van der Waals surface area contributed by atoms with Crippen LogP contribution in [0.15, 0.2) is 48.7 Å². The van der Waals surface area contributed by atoms with E-state index in [0.29, 0.717) is 38.5 Å². The van der Waals surface area contributed by atoms with Crippen molar-refractivity contribution in [2.75, 3.05) is 31.1 Å². The highest BCUT2D eigenvalue weighted by Crippen LogP contribution is 2.38. The van der Waals surface area contributed by atoms with Crippen LogP contribution in [0.4, 0.5) is 10.1 Å². The lowest BCUT2D eigenvalue weighted by Gasteiger charge is -2.36. The van der Waals surface area contributed by atoms with Gasteiger partial charge >= 0.3 is 0 Å². The van der Waals surface area contributed by atoms with Crippen LogP contribution >= 0.6 is 0 Å². The van der Waals surface area contributed by atoms with Crippen molar-refractivity contribution in [3.63, 3.8) is 0 Å². The van der Waals surface area contributed by atoms with Crippen molar-refractivity contribution in [1.82, 2.24) is 14.7 Å². The Balaban J connectivity index is 1.30. The third kappa shape index (κ3) is 3.30. The molecule has 0 N–H and O–H groups in total. The Kier molecular flexibility index (Phi) is 4.65. The first-order chi connectivity index (χ1) is 14.6. The minimum atomic E-state index is -0.225. The molecule has 2 aliphatic rings. The fourth-order valence-electron chi connectivity index (χ4n) is 4.20. The van der Waals surface area contributed by atoms with Crippen molar-refractivity contribution in [2.45, 2.75) is 20.1 Å². The smallest absolute Gasteiger partial charge is 0.244 e. The average molecular weight is 406 g/mol. The van der Waals surface area contributed by atoms with Gasteiger partial charge in [-0.05, 0) is 31.2 Å². The lowest BCUT2D eigenvalue weighted by molar-refractivity contribution is -0.132. The van der Waals surface area contributed by atoms with Crippen LogP contribution in [0, 0.1) is 12.7 Å². The van der Waals surface area contributed by atoms with Gasteiger partial charge in [0.1, 0.15) is 24.7 Å². The number of amides is 1. The monoisotopic (exact) mass is 406 g/mol. The first-order valence-electron chi connectivity index (χ1n) is 10.2. The van der Waals surface area contributed by atoms with Gasteiger partial charge in [0.25, 0.3) is 0 Å². The van der Waals surface area contributed by atoms with Gasteiger partial charge in [-0.15, -0.1) is 0 Å². The Morgan fingerprint density at radius 2 is 1.93 bits per heavy atom. The molecule has 0 bridgehead atoms. The minimum Gasteiger partial charge on any atom is -0.488 e. The van der Waals surface area contributed by atoms with E-state index in [0.717, 1.165) is 28.1 Å². The van der Waals surface area contributed by atoms with Gasteiger partial charge in [0.05, 0.1) is 17.6 Å². The molecule has 2 aromatic carbocycles. The van der Waals surface area contributed by atoms with Gasteiger partial charge in [0, 0.05) is 37.3 Å². The van der Waals surface area contributed by atoms with E-state index in [9.17, 15) is 9.18 Å². The van der Waals surface area contributed by atoms with Crippen LogP contribution in [0.1, 0.15) is 11.1 Å². The van der Waals surface area contributed by atoms with E-state index in [1.54, 1.807) is 23.0 Å². The number of fused-ring (bicyclic) bond motifs is 3. The van der Waals surface area contributed by atoms with Crippen LogP contribution in [0.25, 0.3) is 11.3 Å². The molecule has 1 fully saturated rings. The van der Waals surface area contributed by atoms with Gasteiger partial charge in [0.2, 0.25) is 5.91 Å². The normalized spacial score (nSPS) is 15.4. The van der Waals surface area contributed by atoms with E-state index in [-0.39, 0.29) is 18.3 Å². The number of aromatic nitrogens is 2. The first kappa shape index (κ1) is 18.7. The van der Waals surface area contributed by atoms with Gasteiger partial charge in [-0.3, -0.25) is 9.48 Å². The standard InChI is InChI=1S/C23H23FN4O2/c1-16-6-7-21-18(12-16)23-17(15-30-21)13-25-28(23)14-22(29)27-10-8-26(9-11-27)20-5-3-2-4-19(20)24/h2-7,12-13H,8-11,14-15H2,1H3. The van der Waals surface area contributed by atoms with E-state index >= 15 is 0 Å². The highest BCUT2D eigenvalue weighted by Gasteiger charge is 2.26. The number of piperazine rings is 1. The summed E-state index contributed by atoms with van der Waals surface area (Å²) < 4.78 is 21.6. The minimum absolute atomic E-state index is 0.0229. The number of halogens is 1. The quantitative estimate of drug-likeness (QED) is 0.670. The molecule has 1 aromatic heterocycles. The zero-order valence-corrected chi connectivity index (χ0v) is 16.8. The van der Waals surface area contributed by atoms with E-state index in [2.05, 4.69) is 11.2 Å². The molecular weight excluding hydrogens is 383 g/mol. The Bertz CT molecular complexity index is 1100. The molecule has 1 saturated heterocycles. The van der Waals surface area contributed by atoms with Crippen LogP contribution in [-0.4, -0.2) is 46.8 Å². The molecule has 6 nitrogen and oxygen atoms in total. The molecule has 7 heteroatoms. The number of aryl methyl sites for hydroxylation is 1. The summed E-state index contributed by atoms with van der Waals surface area (Å²) in [6.07, 6.45) is 1.78. The third-order valence-corrected chi connectivity index (χ3v) is 5.80. The molecule has 0 saturated carbocycles. The van der Waals surface area contributed by atoms with Crippen LogP contribution in [0.2, 0.25) is 0 Å². The van der Waals surface area contributed by atoms with E-state index in [1.807, 2.05) is 34.9 Å². The maximum absolute atomic E-state index is 14.0. The van der Waals surface area contributed by atoms with Crippen molar-refractivity contribution in [3.8, 4) is 17.0 Å². The average Bonchev–Trinajstić information content (AvgIpc) is 3.17. The molecule has 0 unspecified atom stereocenters. The second kappa shape index (κ2) is 7.48. The number of hydrogen-bond donors (Lipinski definition) is 0. The summed E-state index contributed by atoms with van der Waals surface area (Å²) in [4.78, 5) is 16.8. The topological polar surface area (TPSA) is 50.6 Å². The highest BCUT2D eigenvalue weighted by molar-refractivity contribution is 5.79. The van der Waals surface area contributed by atoms with E-state index in [1.165, 1.54) is 6.07 Å². The summed E-state index contributed by atoms with van der Waals surface area (Å²) in [5.41, 5.74) is 4.65. The number of nitrogens with zero attached hydrogens (tertiary/aromatic N) is 4. The Morgan fingerprint density at radius 3 is 2.73 bits per heavy atom. The maximum atomic E-state index is 14.0. The molecule has 0 atom stereocenters. The lowest BCUT2D eigenvalue weighted by Crippen LogP contribution is -2.50. The number of carbonyl (C=O) groups is 1. The van der Waals surface area contributed by atoms with Crippen molar-refractivity contribution in [1.29, 1.82) is 0 Å². The molecule has 0 aliphatic carbocycles. The number of anilines is 1. The maximum Gasteiger partial charge on any atom is 0.244 e. The van der Waals surface area contributed by atoms with Crippen LogP contribution < -0.4 is 9.64 Å². The van der Waals surface area contributed by atoms with Crippen LogP contribution in [0.3, 0.4) is 0 Å². The van der Waals surface area contributed by atoms with Crippen molar-refractivity contribution >= 4 is 11.6 Å². The van der Waals surface area contributed by atoms with E-state index < -0.39 is 0 Å². The molecule has 3 aromatic rings. The number of carbonyl (C=O) groups excluding carboxylic acids is 1. The molecule has 2 aliphatic heterocycles. The second-order valence-corrected chi connectivity index (χ2v) is 7.78. The SMILES string of the molecule is Cc1ccc2c(c1)-c1c(cnn1CC(=O)N1CCN(c3ccccc3F)CC1)CO2. The molecule has 5 rings (SSSR count). The molecule has 30 heavy (non-hydrogen) atoms. The molecule has 154 valence electrons. The second-order valence-electron chi connectivity index (χ2n) is 7.78. The zero-order chi connectivity index (χ0) is 20.7. The number of hydrogen-bond acceptors (Lipinski definition) is 4.